The predicted octanol–water partition coefficient (Wildman–Crippen LogP) is 3.30. The zero-order valence-corrected chi connectivity index (χ0v) is 15.5. The summed E-state index contributed by atoms with van der Waals surface area (Å²) in [5, 5.41) is 9.82. The number of amides is 2. The van der Waals surface area contributed by atoms with Crippen LogP contribution in [-0.2, 0) is 29.0 Å². The number of aryl methyl sites for hydroxylation is 2. The molecule has 0 bridgehead atoms. The lowest BCUT2D eigenvalue weighted by Gasteiger charge is -2.21. The van der Waals surface area contributed by atoms with Gasteiger partial charge in [0.2, 0.25) is 0 Å². The van der Waals surface area contributed by atoms with Crippen molar-refractivity contribution in [3.8, 4) is 0 Å². The van der Waals surface area contributed by atoms with E-state index in [1.807, 2.05) is 36.4 Å². The smallest absolute Gasteiger partial charge is 0.263 e. The average Bonchev–Trinajstić information content (AvgIpc) is 3.22. The van der Waals surface area contributed by atoms with Gasteiger partial charge in [-0.25, -0.2) is 4.90 Å². The molecule has 27 heavy (non-hydrogen) atoms. The molecule has 0 spiro atoms. The Balaban J connectivity index is 1.55. The highest BCUT2D eigenvalue weighted by molar-refractivity contribution is 6.25. The number of carbonyl (C=O) groups is 2. The lowest BCUT2D eigenvalue weighted by molar-refractivity contribution is -0.123. The molecule has 4 rings (SSSR count). The third-order valence-corrected chi connectivity index (χ3v) is 5.24. The molecule has 2 aromatic carbocycles. The molecule has 2 aliphatic heterocycles. The van der Waals surface area contributed by atoms with E-state index < -0.39 is 12.1 Å². The lowest BCUT2D eigenvalue weighted by atomic mass is 10.1. The third-order valence-electron chi connectivity index (χ3n) is 5.24. The van der Waals surface area contributed by atoms with Gasteiger partial charge in [0.25, 0.3) is 11.8 Å². The topological polar surface area (TPSA) is 65.3 Å². The second-order valence-corrected chi connectivity index (χ2v) is 6.89. The minimum Gasteiger partial charge on any atom is -0.271 e. The number of hydrogen-bond acceptors (Lipinski definition) is 5. The molecule has 2 aliphatic rings. The van der Waals surface area contributed by atoms with Gasteiger partial charge in [-0.1, -0.05) is 55.5 Å². The molecule has 0 unspecified atom stereocenters. The first-order valence-electron chi connectivity index (χ1n) is 9.34. The Bertz CT molecular complexity index is 889. The van der Waals surface area contributed by atoms with E-state index in [-0.39, 0.29) is 11.8 Å². The van der Waals surface area contributed by atoms with E-state index >= 15 is 0 Å². The molecule has 0 aliphatic carbocycles. The molecule has 0 aromatic heterocycles. The molecule has 6 nitrogen and oxygen atoms in total. The lowest BCUT2D eigenvalue weighted by Crippen LogP contribution is -2.39. The Morgan fingerprint density at radius 2 is 1.37 bits per heavy atom. The Kier molecular flexibility index (Phi) is 4.48. The van der Waals surface area contributed by atoms with Crippen molar-refractivity contribution in [2.75, 3.05) is 4.90 Å². The zero-order valence-electron chi connectivity index (χ0n) is 15.5. The van der Waals surface area contributed by atoms with Gasteiger partial charge in [-0.2, -0.15) is 5.11 Å². The van der Waals surface area contributed by atoms with E-state index in [4.69, 9.17) is 0 Å². The maximum Gasteiger partial charge on any atom is 0.263 e. The molecule has 0 radical (unpaired) electrons. The predicted molar refractivity (Wildman–Crippen MR) is 102 cm³/mol. The standard InChI is InChI=1S/C21H22N4O2/c1-3-14-5-7-16(8-6-14)13-24-19-18(22-23-24)20(26)25(21(19)27)17-11-9-15(4-2)10-12-17/h5-12,18-19H,3-4,13H2,1-2H3/t18-,19-/m1/s1. The van der Waals surface area contributed by atoms with Crippen molar-refractivity contribution in [2.45, 2.75) is 45.3 Å². The minimum atomic E-state index is -0.752. The zero-order chi connectivity index (χ0) is 19.0. The Morgan fingerprint density at radius 1 is 0.815 bits per heavy atom. The quantitative estimate of drug-likeness (QED) is 0.767. The average molecular weight is 362 g/mol. The molecular weight excluding hydrogens is 340 g/mol. The second-order valence-electron chi connectivity index (χ2n) is 6.89. The van der Waals surface area contributed by atoms with Crippen LogP contribution in [0, 0.1) is 0 Å². The number of benzene rings is 2. The molecule has 2 heterocycles. The molecule has 138 valence electrons. The molecule has 0 saturated carbocycles. The van der Waals surface area contributed by atoms with Crippen LogP contribution in [0.25, 0.3) is 0 Å². The largest absolute Gasteiger partial charge is 0.271 e. The first kappa shape index (κ1) is 17.4. The van der Waals surface area contributed by atoms with Gasteiger partial charge in [0.15, 0.2) is 12.1 Å². The fourth-order valence-electron chi connectivity index (χ4n) is 3.56. The maximum absolute atomic E-state index is 13.0. The van der Waals surface area contributed by atoms with Crippen LogP contribution in [0.1, 0.15) is 30.5 Å². The molecule has 1 fully saturated rings. The molecule has 2 atom stereocenters. The van der Waals surface area contributed by atoms with Crippen LogP contribution in [0.5, 0.6) is 0 Å². The summed E-state index contributed by atoms with van der Waals surface area (Å²) in [6, 6.07) is 14.3. The van der Waals surface area contributed by atoms with Crippen molar-refractivity contribution in [2.24, 2.45) is 10.3 Å². The summed E-state index contributed by atoms with van der Waals surface area (Å²) in [6.45, 7) is 4.63. The van der Waals surface area contributed by atoms with E-state index in [1.54, 1.807) is 5.01 Å². The first-order valence-corrected chi connectivity index (χ1v) is 9.34. The van der Waals surface area contributed by atoms with Gasteiger partial charge in [0.05, 0.1) is 12.2 Å². The van der Waals surface area contributed by atoms with Crippen LogP contribution >= 0.6 is 0 Å². The summed E-state index contributed by atoms with van der Waals surface area (Å²) in [6.07, 6.45) is 1.89. The SMILES string of the molecule is CCc1ccc(CN2N=N[C@H]3C(=O)N(c4ccc(CC)cc4)C(=O)[C@@H]32)cc1. The molecular formula is C21H22N4O2. The van der Waals surface area contributed by atoms with Crippen LogP contribution in [-0.4, -0.2) is 28.9 Å². The van der Waals surface area contributed by atoms with E-state index in [1.165, 1.54) is 10.5 Å². The highest BCUT2D eigenvalue weighted by Crippen LogP contribution is 2.32. The Labute approximate surface area is 158 Å². The fraction of sp³-hybridized carbons (Fsp3) is 0.333. The van der Waals surface area contributed by atoms with Crippen LogP contribution in [0.4, 0.5) is 5.69 Å². The van der Waals surface area contributed by atoms with Gasteiger partial charge in [-0.05, 0) is 41.7 Å². The van der Waals surface area contributed by atoms with Crippen LogP contribution in [0.3, 0.4) is 0 Å². The number of carbonyl (C=O) groups excluding carboxylic acids is 2. The third kappa shape index (κ3) is 3.01. The van der Waals surface area contributed by atoms with Gasteiger partial charge in [-0.15, -0.1) is 0 Å². The van der Waals surface area contributed by atoms with Crippen molar-refractivity contribution in [3.05, 3.63) is 65.2 Å². The normalized spacial score (nSPS) is 21.3. The van der Waals surface area contributed by atoms with Crippen molar-refractivity contribution < 1.29 is 9.59 Å². The Hall–Kier alpha value is -3.02. The highest BCUT2D eigenvalue weighted by atomic mass is 16.2. The monoisotopic (exact) mass is 362 g/mol. The minimum absolute atomic E-state index is 0.260. The van der Waals surface area contributed by atoms with Crippen molar-refractivity contribution in [3.63, 3.8) is 0 Å². The number of imide groups is 1. The number of fused-ring (bicyclic) bond motifs is 1. The summed E-state index contributed by atoms with van der Waals surface area (Å²) in [4.78, 5) is 27.0. The second kappa shape index (κ2) is 6.95. The number of hydrogen-bond donors (Lipinski definition) is 0. The number of rotatable bonds is 5. The molecule has 2 amide bonds. The summed E-state index contributed by atoms with van der Waals surface area (Å²) in [5.74, 6) is -0.564. The number of nitrogens with zero attached hydrogens (tertiary/aromatic N) is 4. The first-order chi connectivity index (χ1) is 13.1. The van der Waals surface area contributed by atoms with Gasteiger partial charge >= 0.3 is 0 Å². The molecule has 0 N–H and O–H groups in total. The van der Waals surface area contributed by atoms with Gasteiger partial charge < -0.3 is 0 Å². The summed E-state index contributed by atoms with van der Waals surface area (Å²) < 4.78 is 0. The van der Waals surface area contributed by atoms with Gasteiger partial charge in [0, 0.05) is 0 Å². The van der Waals surface area contributed by atoms with Crippen LogP contribution < -0.4 is 4.90 Å². The fourth-order valence-corrected chi connectivity index (χ4v) is 3.56. The van der Waals surface area contributed by atoms with E-state index in [0.29, 0.717) is 12.2 Å². The molecule has 1 saturated heterocycles. The van der Waals surface area contributed by atoms with E-state index in [0.717, 1.165) is 24.0 Å². The van der Waals surface area contributed by atoms with Crippen molar-refractivity contribution in [1.29, 1.82) is 0 Å². The highest BCUT2D eigenvalue weighted by Gasteiger charge is 2.54. The summed E-state index contributed by atoms with van der Waals surface area (Å²) >= 11 is 0. The van der Waals surface area contributed by atoms with Crippen molar-refractivity contribution >= 4 is 17.5 Å². The summed E-state index contributed by atoms with van der Waals surface area (Å²) in [5.41, 5.74) is 4.06. The Morgan fingerprint density at radius 3 is 1.96 bits per heavy atom. The van der Waals surface area contributed by atoms with Gasteiger partial charge in [-0.3, -0.25) is 14.6 Å². The molecule has 2 aromatic rings. The van der Waals surface area contributed by atoms with Crippen LogP contribution in [0.15, 0.2) is 58.9 Å². The molecule has 6 heteroatoms. The van der Waals surface area contributed by atoms with Crippen molar-refractivity contribution in [1.82, 2.24) is 5.01 Å². The number of anilines is 1. The van der Waals surface area contributed by atoms with E-state index in [2.05, 4.69) is 36.3 Å². The van der Waals surface area contributed by atoms with Gasteiger partial charge in [0.1, 0.15) is 0 Å². The van der Waals surface area contributed by atoms with Crippen LogP contribution in [0.2, 0.25) is 0 Å². The van der Waals surface area contributed by atoms with E-state index in [9.17, 15) is 9.59 Å². The summed E-state index contributed by atoms with van der Waals surface area (Å²) in [7, 11) is 0. The maximum atomic E-state index is 13.0.